The van der Waals surface area contributed by atoms with Crippen LogP contribution in [0.4, 0.5) is 0 Å². The third-order valence-corrected chi connectivity index (χ3v) is 2.52. The summed E-state index contributed by atoms with van der Waals surface area (Å²) >= 11 is 0. The molecule has 0 amide bonds. The van der Waals surface area contributed by atoms with Crippen molar-refractivity contribution in [1.29, 1.82) is 0 Å². The van der Waals surface area contributed by atoms with E-state index >= 15 is 0 Å². The Kier molecular flexibility index (Phi) is 2.81. The maximum absolute atomic E-state index is 9.07. The molecule has 2 N–H and O–H groups in total. The Balaban J connectivity index is 2.52. The predicted octanol–water partition coefficient (Wildman–Crippen LogP) is 0.169. The molecule has 0 bridgehead atoms. The Morgan fingerprint density at radius 1 is 1.06 bits per heavy atom. The topological polar surface area (TPSA) is 58.3 Å². The molecule has 0 aliphatic heterocycles. The maximum atomic E-state index is 9.07. The van der Waals surface area contributed by atoms with Crippen LogP contribution >= 0.6 is 0 Å². The van der Waals surface area contributed by atoms with Gasteiger partial charge in [-0.1, -0.05) is 6.07 Å². The second-order valence-electron chi connectivity index (χ2n) is 3.75. The predicted molar refractivity (Wildman–Crippen MR) is 62.9 cm³/mol. The molecule has 0 atom stereocenters. The van der Waals surface area contributed by atoms with E-state index in [-0.39, 0.29) is 5.59 Å². The van der Waals surface area contributed by atoms with Crippen LogP contribution in [-0.4, -0.2) is 26.7 Å². The van der Waals surface area contributed by atoms with Gasteiger partial charge in [-0.2, -0.15) is 0 Å². The van der Waals surface area contributed by atoms with E-state index in [1.165, 1.54) is 0 Å². The van der Waals surface area contributed by atoms with Gasteiger partial charge in [0.15, 0.2) is 0 Å². The summed E-state index contributed by atoms with van der Waals surface area (Å²) in [6.45, 7) is 3.97. The highest BCUT2D eigenvalue weighted by Gasteiger charge is 2.14. The highest BCUT2D eigenvalue weighted by molar-refractivity contribution is 6.57. The molecule has 2 aromatic rings. The fraction of sp³-hybridized carbons (Fsp3) is 0.182. The zero-order valence-electron chi connectivity index (χ0n) is 9.25. The third-order valence-electron chi connectivity index (χ3n) is 2.52. The van der Waals surface area contributed by atoms with Crippen molar-refractivity contribution in [2.45, 2.75) is 13.8 Å². The number of rotatable bonds is 2. The summed E-state index contributed by atoms with van der Waals surface area (Å²) < 4.78 is 1.96. The van der Waals surface area contributed by atoms with E-state index < -0.39 is 7.12 Å². The summed E-state index contributed by atoms with van der Waals surface area (Å²) in [6, 6.07) is 9.18. The quantitative estimate of drug-likeness (QED) is 0.703. The minimum atomic E-state index is -1.53. The van der Waals surface area contributed by atoms with Gasteiger partial charge in [-0.05, 0) is 38.1 Å². The largest absolute Gasteiger partial charge is 0.508 e. The first-order valence-electron chi connectivity index (χ1n) is 5.08. The Hall–Kier alpha value is -1.59. The zero-order valence-corrected chi connectivity index (χ0v) is 9.25. The summed E-state index contributed by atoms with van der Waals surface area (Å²) in [5, 5.41) is 18.1. The fourth-order valence-corrected chi connectivity index (χ4v) is 1.74. The van der Waals surface area contributed by atoms with E-state index in [1.807, 2.05) is 36.6 Å². The second-order valence-corrected chi connectivity index (χ2v) is 3.75. The van der Waals surface area contributed by atoms with Crippen molar-refractivity contribution in [2.75, 3.05) is 0 Å². The molecule has 0 aliphatic rings. The van der Waals surface area contributed by atoms with Gasteiger partial charge in [-0.3, -0.25) is 0 Å². The fourth-order valence-electron chi connectivity index (χ4n) is 1.74. The highest BCUT2D eigenvalue weighted by atomic mass is 16.4. The van der Waals surface area contributed by atoms with Crippen molar-refractivity contribution in [1.82, 2.24) is 9.55 Å². The first-order chi connectivity index (χ1) is 7.59. The van der Waals surface area contributed by atoms with Gasteiger partial charge in [0.2, 0.25) is 0 Å². The van der Waals surface area contributed by atoms with E-state index in [0.717, 1.165) is 11.4 Å². The Labute approximate surface area is 94.3 Å². The lowest BCUT2D eigenvalue weighted by atomic mass is 9.86. The van der Waals surface area contributed by atoms with Crippen LogP contribution in [0.1, 0.15) is 11.4 Å². The van der Waals surface area contributed by atoms with Crippen LogP contribution in [0.2, 0.25) is 0 Å². The normalized spacial score (nSPS) is 10.5. The van der Waals surface area contributed by atoms with Crippen LogP contribution in [0.25, 0.3) is 5.82 Å². The average Bonchev–Trinajstić information content (AvgIpc) is 2.59. The number of aryl methyl sites for hydroxylation is 2. The second kappa shape index (κ2) is 4.12. The lowest BCUT2D eigenvalue weighted by molar-refractivity contribution is 0.424. The number of pyridine rings is 1. The van der Waals surface area contributed by atoms with Crippen LogP contribution in [0, 0.1) is 13.8 Å². The standard InChI is InChI=1S/C11H13BN2O2/c1-8-6-7-9(2)14(8)11-5-3-4-10(13-11)12(15)16/h3-7,15-16H,1-2H3. The van der Waals surface area contributed by atoms with Crippen LogP contribution in [0.3, 0.4) is 0 Å². The summed E-state index contributed by atoms with van der Waals surface area (Å²) in [7, 11) is -1.53. The molecule has 0 unspecified atom stereocenters. The molecule has 2 heterocycles. The van der Waals surface area contributed by atoms with Crippen molar-refractivity contribution < 1.29 is 10.0 Å². The smallest absolute Gasteiger partial charge is 0.422 e. The van der Waals surface area contributed by atoms with E-state index in [0.29, 0.717) is 5.82 Å². The number of hydrogen-bond donors (Lipinski definition) is 2. The number of nitrogens with zero attached hydrogens (tertiary/aromatic N) is 2. The maximum Gasteiger partial charge on any atom is 0.508 e. The van der Waals surface area contributed by atoms with Gasteiger partial charge >= 0.3 is 7.12 Å². The summed E-state index contributed by atoms with van der Waals surface area (Å²) in [4.78, 5) is 4.20. The molecule has 16 heavy (non-hydrogen) atoms. The van der Waals surface area contributed by atoms with Crippen molar-refractivity contribution in [2.24, 2.45) is 0 Å². The van der Waals surface area contributed by atoms with Crippen molar-refractivity contribution in [3.05, 3.63) is 41.7 Å². The molecule has 0 spiro atoms. The minimum Gasteiger partial charge on any atom is -0.422 e. The molecule has 0 saturated heterocycles. The van der Waals surface area contributed by atoms with Crippen molar-refractivity contribution in [3.8, 4) is 5.82 Å². The molecule has 2 rings (SSSR count). The van der Waals surface area contributed by atoms with Crippen LogP contribution in [-0.2, 0) is 0 Å². The first kappa shape index (κ1) is 10.9. The minimum absolute atomic E-state index is 0.255. The SMILES string of the molecule is Cc1ccc(C)n1-c1cccc(B(O)O)n1. The molecule has 0 aromatic carbocycles. The lowest BCUT2D eigenvalue weighted by Crippen LogP contribution is -2.33. The summed E-state index contributed by atoms with van der Waals surface area (Å²) in [5.74, 6) is 0.700. The van der Waals surface area contributed by atoms with Gasteiger partial charge in [-0.15, -0.1) is 0 Å². The number of aromatic nitrogens is 2. The van der Waals surface area contributed by atoms with Gasteiger partial charge in [0.05, 0.1) is 5.59 Å². The first-order valence-corrected chi connectivity index (χ1v) is 5.08. The van der Waals surface area contributed by atoms with E-state index in [2.05, 4.69) is 4.98 Å². The van der Waals surface area contributed by atoms with Gasteiger partial charge in [0, 0.05) is 11.4 Å². The monoisotopic (exact) mass is 216 g/mol. The molecule has 82 valence electrons. The van der Waals surface area contributed by atoms with Gasteiger partial charge in [0.1, 0.15) is 5.82 Å². The van der Waals surface area contributed by atoms with Crippen LogP contribution in [0.5, 0.6) is 0 Å². The van der Waals surface area contributed by atoms with Crippen molar-refractivity contribution in [3.63, 3.8) is 0 Å². The van der Waals surface area contributed by atoms with E-state index in [9.17, 15) is 0 Å². The summed E-state index contributed by atoms with van der Waals surface area (Å²) in [5.41, 5.74) is 2.38. The Morgan fingerprint density at radius 3 is 2.25 bits per heavy atom. The van der Waals surface area contributed by atoms with Crippen LogP contribution in [0.15, 0.2) is 30.3 Å². The molecule has 0 fully saturated rings. The molecule has 0 radical (unpaired) electrons. The Morgan fingerprint density at radius 2 is 1.69 bits per heavy atom. The van der Waals surface area contributed by atoms with E-state index in [4.69, 9.17) is 10.0 Å². The molecule has 0 saturated carbocycles. The summed E-state index contributed by atoms with van der Waals surface area (Å²) in [6.07, 6.45) is 0. The molecule has 2 aromatic heterocycles. The lowest BCUT2D eigenvalue weighted by Gasteiger charge is -2.09. The average molecular weight is 216 g/mol. The third kappa shape index (κ3) is 1.87. The van der Waals surface area contributed by atoms with Gasteiger partial charge in [0.25, 0.3) is 0 Å². The van der Waals surface area contributed by atoms with Gasteiger partial charge < -0.3 is 14.6 Å². The number of hydrogen-bond acceptors (Lipinski definition) is 3. The highest BCUT2D eigenvalue weighted by Crippen LogP contribution is 2.12. The Bertz CT molecular complexity index is 489. The van der Waals surface area contributed by atoms with Crippen molar-refractivity contribution >= 4 is 12.7 Å². The molecule has 4 nitrogen and oxygen atoms in total. The molecular formula is C11H13BN2O2. The molecule has 0 aliphatic carbocycles. The van der Waals surface area contributed by atoms with E-state index in [1.54, 1.807) is 12.1 Å². The van der Waals surface area contributed by atoms with Crippen LogP contribution < -0.4 is 5.59 Å². The van der Waals surface area contributed by atoms with Gasteiger partial charge in [-0.25, -0.2) is 4.98 Å². The zero-order chi connectivity index (χ0) is 11.7. The molecule has 5 heteroatoms. The molecular weight excluding hydrogens is 203 g/mol.